The lowest BCUT2D eigenvalue weighted by molar-refractivity contribution is -0.139. The highest BCUT2D eigenvalue weighted by atomic mass is 32.2. The molecule has 0 fully saturated rings. The van der Waals surface area contributed by atoms with Crippen molar-refractivity contribution in [2.75, 3.05) is 26.7 Å². The monoisotopic (exact) mass is 445 g/mol. The van der Waals surface area contributed by atoms with Crippen molar-refractivity contribution in [3.05, 3.63) is 65.7 Å². The van der Waals surface area contributed by atoms with Crippen LogP contribution in [0, 0.1) is 6.92 Å². The van der Waals surface area contributed by atoms with Gasteiger partial charge < -0.3 is 10.2 Å². The van der Waals surface area contributed by atoms with E-state index in [9.17, 15) is 18.0 Å². The molecule has 0 bridgehead atoms. The predicted octanol–water partition coefficient (Wildman–Crippen LogP) is 2.21. The summed E-state index contributed by atoms with van der Waals surface area (Å²) < 4.78 is 26.8. The van der Waals surface area contributed by atoms with Crippen LogP contribution in [0.1, 0.15) is 25.0 Å². The molecule has 7 nitrogen and oxygen atoms in total. The molecule has 31 heavy (non-hydrogen) atoms. The smallest absolute Gasteiger partial charge is 0.243 e. The molecule has 0 aliphatic rings. The molecule has 2 aromatic rings. The molecule has 0 saturated heterocycles. The Labute approximate surface area is 185 Å². The number of nitrogens with one attached hydrogen (secondary N) is 1. The van der Waals surface area contributed by atoms with Gasteiger partial charge in [0.2, 0.25) is 21.8 Å². The number of likely N-dealkylation sites (N-methyl/N-ethyl adjacent to an activating group) is 2. The Morgan fingerprint density at radius 2 is 1.65 bits per heavy atom. The molecule has 8 heteroatoms. The van der Waals surface area contributed by atoms with Crippen LogP contribution in [-0.2, 0) is 26.0 Å². The van der Waals surface area contributed by atoms with Crippen molar-refractivity contribution in [1.29, 1.82) is 0 Å². The molecule has 0 radical (unpaired) electrons. The second kappa shape index (κ2) is 11.1. The van der Waals surface area contributed by atoms with Crippen LogP contribution in [0.3, 0.4) is 0 Å². The molecule has 168 valence electrons. The van der Waals surface area contributed by atoms with E-state index in [1.165, 1.54) is 24.1 Å². The van der Waals surface area contributed by atoms with E-state index in [0.29, 0.717) is 19.5 Å². The van der Waals surface area contributed by atoms with Crippen LogP contribution in [0.2, 0.25) is 0 Å². The number of aryl methyl sites for hydroxylation is 1. The molecule has 0 aliphatic heterocycles. The lowest BCUT2D eigenvalue weighted by Crippen LogP contribution is -2.51. The maximum atomic E-state index is 13.1. The second-order valence-electron chi connectivity index (χ2n) is 7.47. The molecule has 2 rings (SSSR count). The van der Waals surface area contributed by atoms with Gasteiger partial charge in [0, 0.05) is 20.1 Å². The Morgan fingerprint density at radius 3 is 2.23 bits per heavy atom. The lowest BCUT2D eigenvalue weighted by Gasteiger charge is -2.30. The fourth-order valence-electron chi connectivity index (χ4n) is 3.15. The molecule has 1 atom stereocenters. The summed E-state index contributed by atoms with van der Waals surface area (Å²) in [5.41, 5.74) is 1.98. The number of sulfonamides is 1. The number of hydrogen-bond acceptors (Lipinski definition) is 4. The molecule has 0 heterocycles. The van der Waals surface area contributed by atoms with Gasteiger partial charge in [0.25, 0.3) is 0 Å². The number of carbonyl (C=O) groups excluding carboxylic acids is 2. The summed E-state index contributed by atoms with van der Waals surface area (Å²) in [5.74, 6) is -0.694. The Balaban J connectivity index is 2.18. The quantitative estimate of drug-likeness (QED) is 0.608. The van der Waals surface area contributed by atoms with Crippen molar-refractivity contribution in [3.8, 4) is 0 Å². The lowest BCUT2D eigenvalue weighted by atomic mass is 10.1. The van der Waals surface area contributed by atoms with E-state index < -0.39 is 22.0 Å². The number of benzene rings is 2. The van der Waals surface area contributed by atoms with Gasteiger partial charge in [-0.1, -0.05) is 48.0 Å². The van der Waals surface area contributed by atoms with Gasteiger partial charge in [-0.2, -0.15) is 4.31 Å². The molecule has 1 N–H and O–H groups in total. The first-order chi connectivity index (χ1) is 14.7. The van der Waals surface area contributed by atoms with Crippen molar-refractivity contribution < 1.29 is 18.0 Å². The number of amides is 2. The summed E-state index contributed by atoms with van der Waals surface area (Å²) in [6.45, 7) is 5.74. The molecule has 2 aromatic carbocycles. The molecule has 0 unspecified atom stereocenters. The van der Waals surface area contributed by atoms with Crippen LogP contribution >= 0.6 is 0 Å². The zero-order valence-electron chi connectivity index (χ0n) is 18.5. The van der Waals surface area contributed by atoms with Crippen molar-refractivity contribution in [2.24, 2.45) is 0 Å². The third kappa shape index (κ3) is 6.63. The van der Waals surface area contributed by atoms with Gasteiger partial charge in [-0.3, -0.25) is 9.59 Å². The summed E-state index contributed by atoms with van der Waals surface area (Å²) >= 11 is 0. The third-order valence-electron chi connectivity index (χ3n) is 5.09. The second-order valence-corrected chi connectivity index (χ2v) is 9.51. The highest BCUT2D eigenvalue weighted by Gasteiger charge is 2.29. The molecule has 2 amide bonds. The van der Waals surface area contributed by atoms with Gasteiger partial charge in [0.15, 0.2) is 0 Å². The summed E-state index contributed by atoms with van der Waals surface area (Å²) in [6.07, 6.45) is 0.560. The number of carbonyl (C=O) groups is 2. The van der Waals surface area contributed by atoms with Crippen LogP contribution in [0.15, 0.2) is 59.5 Å². The zero-order valence-corrected chi connectivity index (χ0v) is 19.4. The summed E-state index contributed by atoms with van der Waals surface area (Å²) in [5, 5.41) is 2.73. The predicted molar refractivity (Wildman–Crippen MR) is 121 cm³/mol. The highest BCUT2D eigenvalue weighted by molar-refractivity contribution is 7.89. The standard InChI is InChI=1S/C23H31N3O4S/c1-5-24-23(28)19(3)26(16-15-20-9-7-6-8-10-20)22(27)17-25(4)31(29,30)21-13-11-18(2)12-14-21/h6-14,19H,5,15-17H2,1-4H3,(H,24,28)/t19-/m0/s1. The molecule has 0 saturated carbocycles. The topological polar surface area (TPSA) is 86.8 Å². The maximum Gasteiger partial charge on any atom is 0.243 e. The molecule has 0 spiro atoms. The van der Waals surface area contributed by atoms with E-state index in [1.54, 1.807) is 19.1 Å². The van der Waals surface area contributed by atoms with Gasteiger partial charge in [-0.05, 0) is 44.9 Å². The maximum absolute atomic E-state index is 13.1. The molecule has 0 aromatic heterocycles. The van der Waals surface area contributed by atoms with Gasteiger partial charge in [-0.25, -0.2) is 8.42 Å². The average molecular weight is 446 g/mol. The Bertz CT molecular complexity index is 976. The number of nitrogens with zero attached hydrogens (tertiary/aromatic N) is 2. The normalized spacial score (nSPS) is 12.4. The van der Waals surface area contributed by atoms with Crippen LogP contribution in [0.5, 0.6) is 0 Å². The van der Waals surface area contributed by atoms with Crippen molar-refractivity contribution in [2.45, 2.75) is 38.1 Å². The Morgan fingerprint density at radius 1 is 1.03 bits per heavy atom. The Kier molecular flexibility index (Phi) is 8.76. The van der Waals surface area contributed by atoms with E-state index in [-0.39, 0.29) is 17.3 Å². The molecular weight excluding hydrogens is 414 g/mol. The largest absolute Gasteiger partial charge is 0.355 e. The number of rotatable bonds is 10. The number of hydrogen-bond donors (Lipinski definition) is 1. The van der Waals surface area contributed by atoms with Gasteiger partial charge >= 0.3 is 0 Å². The molecular formula is C23H31N3O4S. The first-order valence-corrected chi connectivity index (χ1v) is 11.7. The minimum atomic E-state index is -3.82. The third-order valence-corrected chi connectivity index (χ3v) is 6.91. The summed E-state index contributed by atoms with van der Waals surface area (Å²) in [6, 6.07) is 15.4. The fraction of sp³-hybridized carbons (Fsp3) is 0.391. The first kappa shape index (κ1) is 24.6. The van der Waals surface area contributed by atoms with E-state index in [0.717, 1.165) is 15.4 Å². The minimum absolute atomic E-state index is 0.126. The first-order valence-electron chi connectivity index (χ1n) is 10.3. The molecule has 0 aliphatic carbocycles. The van der Waals surface area contributed by atoms with E-state index in [1.807, 2.05) is 44.2 Å². The van der Waals surface area contributed by atoms with Crippen molar-refractivity contribution in [3.63, 3.8) is 0 Å². The van der Waals surface area contributed by atoms with E-state index >= 15 is 0 Å². The average Bonchev–Trinajstić information content (AvgIpc) is 2.74. The SMILES string of the molecule is CCNC(=O)[C@H](C)N(CCc1ccccc1)C(=O)CN(C)S(=O)(=O)c1ccc(C)cc1. The minimum Gasteiger partial charge on any atom is -0.355 e. The van der Waals surface area contributed by atoms with Gasteiger partial charge in [-0.15, -0.1) is 0 Å². The van der Waals surface area contributed by atoms with Crippen molar-refractivity contribution >= 4 is 21.8 Å². The van der Waals surface area contributed by atoms with Crippen LogP contribution < -0.4 is 5.32 Å². The van der Waals surface area contributed by atoms with Gasteiger partial charge in [0.05, 0.1) is 11.4 Å². The van der Waals surface area contributed by atoms with Crippen LogP contribution in [0.4, 0.5) is 0 Å². The van der Waals surface area contributed by atoms with Crippen LogP contribution in [-0.4, -0.2) is 62.2 Å². The van der Waals surface area contributed by atoms with E-state index in [4.69, 9.17) is 0 Å². The van der Waals surface area contributed by atoms with Crippen LogP contribution in [0.25, 0.3) is 0 Å². The van der Waals surface area contributed by atoms with E-state index in [2.05, 4.69) is 5.32 Å². The van der Waals surface area contributed by atoms with Crippen molar-refractivity contribution in [1.82, 2.24) is 14.5 Å². The fourth-order valence-corrected chi connectivity index (χ4v) is 4.27. The highest BCUT2D eigenvalue weighted by Crippen LogP contribution is 2.16. The summed E-state index contributed by atoms with van der Waals surface area (Å²) in [7, 11) is -2.45. The Hall–Kier alpha value is -2.71. The zero-order chi connectivity index (χ0) is 23.0. The van der Waals surface area contributed by atoms with Gasteiger partial charge in [0.1, 0.15) is 6.04 Å². The summed E-state index contributed by atoms with van der Waals surface area (Å²) in [4.78, 5) is 27.1.